The Morgan fingerprint density at radius 2 is 1.77 bits per heavy atom. The third-order valence-electron chi connectivity index (χ3n) is 6.00. The average Bonchev–Trinajstić information content (AvgIpc) is 3.03. The fourth-order valence-electron chi connectivity index (χ4n) is 4.63. The van der Waals surface area contributed by atoms with Gasteiger partial charge in [0.25, 0.3) is 0 Å². The summed E-state index contributed by atoms with van der Waals surface area (Å²) in [5.41, 5.74) is -0.812. The number of carbonyl (C=O) groups excluding carboxylic acids is 2. The largest absolute Gasteiger partial charge is 0.353 e. The van der Waals surface area contributed by atoms with Gasteiger partial charge in [-0.25, -0.2) is 0 Å². The molecule has 0 aromatic carbocycles. The van der Waals surface area contributed by atoms with E-state index in [2.05, 4.69) is 10.6 Å². The second-order valence-corrected chi connectivity index (χ2v) is 9.72. The Morgan fingerprint density at radius 3 is 2.23 bits per heavy atom. The average molecular weight is 368 g/mol. The predicted octanol–water partition coefficient (Wildman–Crippen LogP) is 2.50. The summed E-state index contributed by atoms with van der Waals surface area (Å²) in [6.07, 6.45) is 3.57. The molecule has 2 atom stereocenters. The van der Waals surface area contributed by atoms with Crippen LogP contribution in [0, 0.1) is 11.8 Å². The van der Waals surface area contributed by atoms with E-state index in [0.717, 1.165) is 19.4 Å². The molecule has 2 saturated heterocycles. The fourth-order valence-corrected chi connectivity index (χ4v) is 4.63. The Balaban J connectivity index is 2.01. The van der Waals surface area contributed by atoms with Crippen LogP contribution in [0.25, 0.3) is 0 Å². The number of nitrogens with zero attached hydrogens (tertiary/aromatic N) is 1. The SMILES string of the molecule is CC(C)[C@@H](CC(=O)[C@@H]1CCCN1)C(=O)NC1CC(C)(C)N(O)C(C)(C)C1. The van der Waals surface area contributed by atoms with E-state index in [9.17, 15) is 14.8 Å². The van der Waals surface area contributed by atoms with Crippen molar-refractivity contribution < 1.29 is 14.8 Å². The molecule has 0 radical (unpaired) electrons. The van der Waals surface area contributed by atoms with Crippen LogP contribution in [0.3, 0.4) is 0 Å². The molecular formula is C20H37N3O3. The number of amides is 1. The van der Waals surface area contributed by atoms with Crippen LogP contribution in [0.4, 0.5) is 0 Å². The molecule has 2 aliphatic heterocycles. The summed E-state index contributed by atoms with van der Waals surface area (Å²) in [5, 5.41) is 18.2. The Hall–Kier alpha value is -0.980. The van der Waals surface area contributed by atoms with Crippen molar-refractivity contribution in [3.63, 3.8) is 0 Å². The highest BCUT2D eigenvalue weighted by Crippen LogP contribution is 2.37. The maximum absolute atomic E-state index is 12.9. The van der Waals surface area contributed by atoms with Crippen LogP contribution in [-0.2, 0) is 9.59 Å². The molecule has 6 nitrogen and oxygen atoms in total. The molecule has 26 heavy (non-hydrogen) atoms. The molecule has 2 fully saturated rings. The maximum Gasteiger partial charge on any atom is 0.224 e. The number of hydrogen-bond acceptors (Lipinski definition) is 5. The van der Waals surface area contributed by atoms with Crippen molar-refractivity contribution in [1.82, 2.24) is 15.7 Å². The molecule has 0 bridgehead atoms. The van der Waals surface area contributed by atoms with Crippen LogP contribution in [0.5, 0.6) is 0 Å². The molecule has 0 aromatic rings. The first-order chi connectivity index (χ1) is 11.9. The summed E-state index contributed by atoms with van der Waals surface area (Å²) in [6, 6.07) is -0.0867. The topological polar surface area (TPSA) is 81.7 Å². The number of Topliss-reactive ketones (excluding diaryl/α,β-unsaturated/α-hetero) is 1. The molecule has 0 unspecified atom stereocenters. The quantitative estimate of drug-likeness (QED) is 0.672. The molecule has 150 valence electrons. The lowest BCUT2D eigenvalue weighted by molar-refractivity contribution is -0.246. The van der Waals surface area contributed by atoms with Gasteiger partial charge in [-0.05, 0) is 65.8 Å². The number of ketones is 1. The number of carbonyl (C=O) groups is 2. The van der Waals surface area contributed by atoms with E-state index < -0.39 is 11.1 Å². The van der Waals surface area contributed by atoms with Crippen molar-refractivity contribution in [2.45, 2.75) is 96.8 Å². The van der Waals surface area contributed by atoms with E-state index in [1.54, 1.807) is 0 Å². The molecular weight excluding hydrogens is 330 g/mol. The molecule has 0 aromatic heterocycles. The molecule has 1 amide bonds. The van der Waals surface area contributed by atoms with E-state index >= 15 is 0 Å². The van der Waals surface area contributed by atoms with Crippen molar-refractivity contribution in [2.24, 2.45) is 11.8 Å². The molecule has 3 N–H and O–H groups in total. The summed E-state index contributed by atoms with van der Waals surface area (Å²) in [6.45, 7) is 12.8. The first kappa shape index (κ1) is 21.3. The number of nitrogens with one attached hydrogen (secondary N) is 2. The first-order valence-electron chi connectivity index (χ1n) is 10.00. The molecule has 0 spiro atoms. The highest BCUT2D eigenvalue weighted by molar-refractivity contribution is 5.90. The molecule has 0 saturated carbocycles. The number of rotatable bonds is 6. The van der Waals surface area contributed by atoms with Gasteiger partial charge in [0.15, 0.2) is 5.78 Å². The number of hydroxylamine groups is 2. The summed E-state index contributed by atoms with van der Waals surface area (Å²) in [5.74, 6) is -0.0703. The number of piperidine rings is 1. The van der Waals surface area contributed by atoms with Crippen molar-refractivity contribution in [2.75, 3.05) is 6.54 Å². The van der Waals surface area contributed by atoms with Crippen LogP contribution in [0.15, 0.2) is 0 Å². The van der Waals surface area contributed by atoms with Gasteiger partial charge < -0.3 is 15.8 Å². The Bertz CT molecular complexity index is 506. The van der Waals surface area contributed by atoms with E-state index in [4.69, 9.17) is 0 Å². The maximum atomic E-state index is 12.9. The van der Waals surface area contributed by atoms with Crippen LogP contribution in [0.2, 0.25) is 0 Å². The van der Waals surface area contributed by atoms with Crippen molar-refractivity contribution >= 4 is 11.7 Å². The number of hydrogen-bond donors (Lipinski definition) is 3. The summed E-state index contributed by atoms with van der Waals surface area (Å²) >= 11 is 0. The fraction of sp³-hybridized carbons (Fsp3) is 0.900. The van der Waals surface area contributed by atoms with Crippen LogP contribution in [-0.4, -0.2) is 51.7 Å². The Morgan fingerprint density at radius 1 is 1.19 bits per heavy atom. The predicted molar refractivity (Wildman–Crippen MR) is 102 cm³/mol. The van der Waals surface area contributed by atoms with Gasteiger partial charge in [0.05, 0.1) is 6.04 Å². The van der Waals surface area contributed by atoms with Gasteiger partial charge in [0.2, 0.25) is 5.91 Å². The van der Waals surface area contributed by atoms with Gasteiger partial charge in [-0.1, -0.05) is 13.8 Å². The van der Waals surface area contributed by atoms with Crippen molar-refractivity contribution in [3.05, 3.63) is 0 Å². The molecule has 2 heterocycles. The van der Waals surface area contributed by atoms with E-state index in [-0.39, 0.29) is 35.6 Å². The summed E-state index contributed by atoms with van der Waals surface area (Å²) in [4.78, 5) is 25.5. The first-order valence-corrected chi connectivity index (χ1v) is 10.00. The van der Waals surface area contributed by atoms with E-state index in [1.165, 1.54) is 5.06 Å². The van der Waals surface area contributed by atoms with Gasteiger partial charge in [0, 0.05) is 29.5 Å². The minimum absolute atomic E-state index is 0.00291. The third kappa shape index (κ3) is 4.84. The third-order valence-corrected chi connectivity index (χ3v) is 6.00. The lowest BCUT2D eigenvalue weighted by atomic mass is 9.78. The van der Waals surface area contributed by atoms with Crippen molar-refractivity contribution in [3.8, 4) is 0 Å². The zero-order valence-electron chi connectivity index (χ0n) is 17.3. The monoisotopic (exact) mass is 367 g/mol. The zero-order valence-corrected chi connectivity index (χ0v) is 17.3. The molecule has 2 aliphatic rings. The standard InChI is InChI=1S/C20H37N3O3/c1-13(2)15(10-17(24)16-8-7-9-21-16)18(25)22-14-11-19(3,4)23(26)20(5,6)12-14/h13-16,21,26H,7-12H2,1-6H3,(H,22,25)/t15-,16+/m1/s1. The smallest absolute Gasteiger partial charge is 0.224 e. The highest BCUT2D eigenvalue weighted by Gasteiger charge is 2.45. The van der Waals surface area contributed by atoms with E-state index in [1.807, 2.05) is 41.5 Å². The minimum atomic E-state index is -0.406. The van der Waals surface area contributed by atoms with Gasteiger partial charge >= 0.3 is 0 Å². The molecule has 0 aliphatic carbocycles. The minimum Gasteiger partial charge on any atom is -0.353 e. The lowest BCUT2D eigenvalue weighted by Crippen LogP contribution is -2.63. The van der Waals surface area contributed by atoms with Gasteiger partial charge in [-0.3, -0.25) is 9.59 Å². The lowest BCUT2D eigenvalue weighted by Gasteiger charge is -2.51. The van der Waals surface area contributed by atoms with Crippen LogP contribution in [0.1, 0.15) is 73.6 Å². The van der Waals surface area contributed by atoms with Crippen molar-refractivity contribution in [1.29, 1.82) is 0 Å². The normalized spacial score (nSPS) is 27.5. The van der Waals surface area contributed by atoms with Gasteiger partial charge in [0.1, 0.15) is 0 Å². The summed E-state index contributed by atoms with van der Waals surface area (Å²) < 4.78 is 0. The molecule has 2 rings (SSSR count). The molecule has 6 heteroatoms. The summed E-state index contributed by atoms with van der Waals surface area (Å²) in [7, 11) is 0. The van der Waals surface area contributed by atoms with Crippen LogP contribution >= 0.6 is 0 Å². The Labute approximate surface area is 158 Å². The van der Waals surface area contributed by atoms with Gasteiger partial charge in [-0.2, -0.15) is 5.06 Å². The van der Waals surface area contributed by atoms with E-state index in [0.29, 0.717) is 19.3 Å². The van der Waals surface area contributed by atoms with Gasteiger partial charge in [-0.15, -0.1) is 0 Å². The second-order valence-electron chi connectivity index (χ2n) is 9.72. The zero-order chi connectivity index (χ0) is 19.7. The highest BCUT2D eigenvalue weighted by atomic mass is 16.5. The second kappa shape index (κ2) is 7.95. The Kier molecular flexibility index (Phi) is 6.52. The van der Waals surface area contributed by atoms with Crippen LogP contribution < -0.4 is 10.6 Å².